The van der Waals surface area contributed by atoms with Crippen LogP contribution in [0.2, 0.25) is 0 Å². The predicted octanol–water partition coefficient (Wildman–Crippen LogP) is 3.21. The van der Waals surface area contributed by atoms with E-state index in [1.54, 1.807) is 0 Å². The molecule has 0 aliphatic heterocycles. The number of hydrogen-bond donors (Lipinski definition) is 0. The second-order valence-electron chi connectivity index (χ2n) is 4.53. The van der Waals surface area contributed by atoms with Gasteiger partial charge in [0.1, 0.15) is 5.78 Å². The van der Waals surface area contributed by atoms with Crippen molar-refractivity contribution in [2.24, 2.45) is 0 Å². The van der Waals surface area contributed by atoms with Crippen molar-refractivity contribution in [3.8, 4) is 0 Å². The molecule has 0 aliphatic rings. The standard InChI is InChI=1S/C16H22O3/c1-3-5-13-6-8-14(9-7-13)16(18)12-15(17)10-11-19-4-2/h6-9H,3-5,10-12H2,1-2H3. The molecule has 0 radical (unpaired) electrons. The summed E-state index contributed by atoms with van der Waals surface area (Å²) in [6.45, 7) is 5.00. The molecular formula is C16H22O3. The van der Waals surface area contributed by atoms with Crippen molar-refractivity contribution in [3.05, 3.63) is 35.4 Å². The highest BCUT2D eigenvalue weighted by molar-refractivity contribution is 6.07. The number of carbonyl (C=O) groups excluding carboxylic acids is 2. The summed E-state index contributed by atoms with van der Waals surface area (Å²) in [5.74, 6) is -0.166. The van der Waals surface area contributed by atoms with Gasteiger partial charge in [-0.25, -0.2) is 0 Å². The maximum Gasteiger partial charge on any atom is 0.170 e. The molecule has 3 nitrogen and oxygen atoms in total. The average molecular weight is 262 g/mol. The molecule has 0 aromatic heterocycles. The first kappa shape index (κ1) is 15.6. The highest BCUT2D eigenvalue weighted by Gasteiger charge is 2.11. The van der Waals surface area contributed by atoms with Gasteiger partial charge in [-0.3, -0.25) is 9.59 Å². The molecule has 0 atom stereocenters. The Balaban J connectivity index is 2.46. The maximum atomic E-state index is 11.9. The molecular weight excluding hydrogens is 240 g/mol. The van der Waals surface area contributed by atoms with Crippen molar-refractivity contribution < 1.29 is 14.3 Å². The number of ketones is 2. The van der Waals surface area contributed by atoms with Crippen molar-refractivity contribution in [1.82, 2.24) is 0 Å². The van der Waals surface area contributed by atoms with Crippen LogP contribution in [0, 0.1) is 0 Å². The highest BCUT2D eigenvalue weighted by Crippen LogP contribution is 2.09. The van der Waals surface area contributed by atoms with Crippen LogP contribution in [0.3, 0.4) is 0 Å². The van der Waals surface area contributed by atoms with Gasteiger partial charge in [-0.15, -0.1) is 0 Å². The van der Waals surface area contributed by atoms with Crippen LogP contribution in [0.4, 0.5) is 0 Å². The Morgan fingerprint density at radius 1 is 1.11 bits per heavy atom. The third-order valence-corrected chi connectivity index (χ3v) is 2.90. The molecule has 104 valence electrons. The fourth-order valence-corrected chi connectivity index (χ4v) is 1.85. The molecule has 0 saturated heterocycles. The van der Waals surface area contributed by atoms with Gasteiger partial charge in [-0.2, -0.15) is 0 Å². The molecule has 0 bridgehead atoms. The zero-order valence-electron chi connectivity index (χ0n) is 11.8. The molecule has 0 fully saturated rings. The summed E-state index contributed by atoms with van der Waals surface area (Å²) in [6, 6.07) is 7.54. The van der Waals surface area contributed by atoms with Gasteiger partial charge in [-0.05, 0) is 18.9 Å². The summed E-state index contributed by atoms with van der Waals surface area (Å²) in [4.78, 5) is 23.5. The molecule has 1 aromatic carbocycles. The molecule has 1 aromatic rings. The Morgan fingerprint density at radius 2 is 1.79 bits per heavy atom. The van der Waals surface area contributed by atoms with Crippen molar-refractivity contribution in [1.29, 1.82) is 0 Å². The van der Waals surface area contributed by atoms with E-state index in [4.69, 9.17) is 4.74 Å². The molecule has 0 spiro atoms. The van der Waals surface area contributed by atoms with E-state index in [2.05, 4.69) is 6.92 Å². The van der Waals surface area contributed by atoms with Crippen molar-refractivity contribution >= 4 is 11.6 Å². The lowest BCUT2D eigenvalue weighted by molar-refractivity contribution is -0.119. The van der Waals surface area contributed by atoms with Crippen molar-refractivity contribution in [2.45, 2.75) is 39.5 Å². The third kappa shape index (κ3) is 5.79. The summed E-state index contributed by atoms with van der Waals surface area (Å²) in [5.41, 5.74) is 1.84. The zero-order chi connectivity index (χ0) is 14.1. The van der Waals surface area contributed by atoms with E-state index in [1.807, 2.05) is 31.2 Å². The number of carbonyl (C=O) groups is 2. The summed E-state index contributed by atoms with van der Waals surface area (Å²) in [5, 5.41) is 0. The van der Waals surface area contributed by atoms with Crippen LogP contribution in [-0.4, -0.2) is 24.8 Å². The number of rotatable bonds is 9. The number of benzene rings is 1. The Labute approximate surface area is 115 Å². The van der Waals surface area contributed by atoms with Crippen LogP contribution in [0.25, 0.3) is 0 Å². The fourth-order valence-electron chi connectivity index (χ4n) is 1.85. The summed E-state index contributed by atoms with van der Waals surface area (Å²) in [6.07, 6.45) is 2.39. The molecule has 0 heterocycles. The van der Waals surface area contributed by atoms with E-state index in [-0.39, 0.29) is 18.0 Å². The zero-order valence-corrected chi connectivity index (χ0v) is 11.8. The predicted molar refractivity (Wildman–Crippen MR) is 75.5 cm³/mol. The largest absolute Gasteiger partial charge is 0.381 e. The lowest BCUT2D eigenvalue weighted by Gasteiger charge is -2.03. The van der Waals surface area contributed by atoms with E-state index >= 15 is 0 Å². The summed E-state index contributed by atoms with van der Waals surface area (Å²) < 4.78 is 5.10. The monoisotopic (exact) mass is 262 g/mol. The fraction of sp³-hybridized carbons (Fsp3) is 0.500. The van der Waals surface area contributed by atoms with Gasteiger partial charge >= 0.3 is 0 Å². The first-order valence-corrected chi connectivity index (χ1v) is 6.89. The smallest absolute Gasteiger partial charge is 0.170 e. The van der Waals surface area contributed by atoms with Gasteiger partial charge in [0, 0.05) is 18.6 Å². The van der Waals surface area contributed by atoms with E-state index in [1.165, 1.54) is 5.56 Å². The number of Topliss-reactive ketones (excluding diaryl/α,β-unsaturated/α-hetero) is 2. The molecule has 0 N–H and O–H groups in total. The van der Waals surface area contributed by atoms with Gasteiger partial charge < -0.3 is 4.74 Å². The number of hydrogen-bond acceptors (Lipinski definition) is 3. The van der Waals surface area contributed by atoms with E-state index < -0.39 is 0 Å². The topological polar surface area (TPSA) is 43.4 Å². The van der Waals surface area contributed by atoms with Gasteiger partial charge in [0.25, 0.3) is 0 Å². The average Bonchev–Trinajstić information content (AvgIpc) is 2.40. The van der Waals surface area contributed by atoms with Crippen LogP contribution >= 0.6 is 0 Å². The Bertz CT molecular complexity index is 407. The van der Waals surface area contributed by atoms with Gasteiger partial charge in [0.05, 0.1) is 13.0 Å². The molecule has 1 rings (SSSR count). The number of ether oxygens (including phenoxy) is 1. The molecule has 19 heavy (non-hydrogen) atoms. The normalized spacial score (nSPS) is 10.4. The van der Waals surface area contributed by atoms with E-state index in [0.717, 1.165) is 12.8 Å². The van der Waals surface area contributed by atoms with Gasteiger partial charge in [-0.1, -0.05) is 37.6 Å². The molecule has 0 aliphatic carbocycles. The first-order chi connectivity index (χ1) is 9.17. The van der Waals surface area contributed by atoms with Crippen LogP contribution in [0.1, 0.15) is 49.0 Å². The Kier molecular flexibility index (Phi) is 7.04. The molecule has 0 unspecified atom stereocenters. The lowest BCUT2D eigenvalue weighted by Crippen LogP contribution is -2.10. The first-order valence-electron chi connectivity index (χ1n) is 6.89. The van der Waals surface area contributed by atoms with Gasteiger partial charge in [0.2, 0.25) is 0 Å². The van der Waals surface area contributed by atoms with E-state index in [9.17, 15) is 9.59 Å². The molecule has 0 saturated carbocycles. The number of aryl methyl sites for hydroxylation is 1. The molecule has 0 amide bonds. The second kappa shape index (κ2) is 8.59. The van der Waals surface area contributed by atoms with Crippen molar-refractivity contribution in [2.75, 3.05) is 13.2 Å². The third-order valence-electron chi connectivity index (χ3n) is 2.90. The minimum atomic E-state index is -0.107. The second-order valence-corrected chi connectivity index (χ2v) is 4.53. The summed E-state index contributed by atoms with van der Waals surface area (Å²) in [7, 11) is 0. The Hall–Kier alpha value is -1.48. The minimum Gasteiger partial charge on any atom is -0.381 e. The Morgan fingerprint density at radius 3 is 2.37 bits per heavy atom. The maximum absolute atomic E-state index is 11.9. The van der Waals surface area contributed by atoms with Gasteiger partial charge in [0.15, 0.2) is 5.78 Å². The summed E-state index contributed by atoms with van der Waals surface area (Å²) >= 11 is 0. The van der Waals surface area contributed by atoms with Crippen LogP contribution < -0.4 is 0 Å². The molecule has 3 heteroatoms. The van der Waals surface area contributed by atoms with E-state index in [0.29, 0.717) is 25.2 Å². The van der Waals surface area contributed by atoms with Crippen LogP contribution in [-0.2, 0) is 16.0 Å². The quantitative estimate of drug-likeness (QED) is 0.390. The van der Waals surface area contributed by atoms with Crippen molar-refractivity contribution in [3.63, 3.8) is 0 Å². The highest BCUT2D eigenvalue weighted by atomic mass is 16.5. The van der Waals surface area contributed by atoms with Crippen LogP contribution in [0.15, 0.2) is 24.3 Å². The minimum absolute atomic E-state index is 0.0276. The van der Waals surface area contributed by atoms with Crippen LogP contribution in [0.5, 0.6) is 0 Å². The SMILES string of the molecule is CCCc1ccc(C(=O)CC(=O)CCOCC)cc1. The lowest BCUT2D eigenvalue weighted by atomic mass is 10.0.